The summed E-state index contributed by atoms with van der Waals surface area (Å²) in [6.45, 7) is 2.08. The molecule has 4 N–H and O–H groups in total. The summed E-state index contributed by atoms with van der Waals surface area (Å²) in [5.74, 6) is 2.54. The average molecular weight is 691 g/mol. The van der Waals surface area contributed by atoms with Crippen LogP contribution in [0.25, 0.3) is 0 Å². The summed E-state index contributed by atoms with van der Waals surface area (Å²) in [6.07, 6.45) is 0. The highest BCUT2D eigenvalue weighted by Crippen LogP contribution is 2.49. The number of phenolic OH excluding ortho intramolecular Hbond substituents is 4. The fourth-order valence-electron chi connectivity index (χ4n) is 6.90. The molecular weight excluding hydrogens is 652 g/mol. The predicted molar refractivity (Wildman–Crippen MR) is 178 cm³/mol. The van der Waals surface area contributed by atoms with Crippen LogP contribution < -0.4 is 37.9 Å². The Balaban J connectivity index is 1.29. The SMILES string of the molecule is COc1cc([C@H](c2cc3c(cc2O)OCO3)N2CCN([C@H](c3cc(OC)c(O)c(OC)c3)c3cc4c(cc3O)OCO4)CC2)cc(OC)c1O. The van der Waals surface area contributed by atoms with Crippen LogP contribution in [-0.2, 0) is 0 Å². The van der Waals surface area contributed by atoms with Crippen molar-refractivity contribution in [3.05, 3.63) is 70.8 Å². The zero-order chi connectivity index (χ0) is 35.1. The van der Waals surface area contributed by atoms with E-state index in [2.05, 4.69) is 9.80 Å². The maximum absolute atomic E-state index is 11.3. The van der Waals surface area contributed by atoms with Crippen molar-refractivity contribution in [3.63, 3.8) is 0 Å². The van der Waals surface area contributed by atoms with E-state index in [1.54, 1.807) is 48.5 Å². The van der Waals surface area contributed by atoms with Gasteiger partial charge in [-0.2, -0.15) is 0 Å². The van der Waals surface area contributed by atoms with Crippen LogP contribution in [0.5, 0.6) is 69.0 Å². The molecule has 50 heavy (non-hydrogen) atoms. The Morgan fingerprint density at radius 3 is 1.08 bits per heavy atom. The van der Waals surface area contributed by atoms with Crippen LogP contribution >= 0.6 is 0 Å². The lowest BCUT2D eigenvalue weighted by molar-refractivity contribution is 0.0879. The van der Waals surface area contributed by atoms with Gasteiger partial charge in [0.25, 0.3) is 0 Å². The van der Waals surface area contributed by atoms with E-state index in [4.69, 9.17) is 37.9 Å². The summed E-state index contributed by atoms with van der Waals surface area (Å²) in [4.78, 5) is 4.40. The second-order valence-electron chi connectivity index (χ2n) is 12.0. The molecule has 0 amide bonds. The fourth-order valence-corrected chi connectivity index (χ4v) is 6.90. The molecular formula is C36H38N2O12. The average Bonchev–Trinajstić information content (AvgIpc) is 3.79. The van der Waals surface area contributed by atoms with E-state index < -0.39 is 12.1 Å². The monoisotopic (exact) mass is 690 g/mol. The normalized spacial score (nSPS) is 16.6. The fraction of sp³-hybridized carbons (Fsp3) is 0.333. The molecule has 3 aliphatic rings. The van der Waals surface area contributed by atoms with Crippen molar-refractivity contribution in [2.45, 2.75) is 12.1 Å². The van der Waals surface area contributed by atoms with Crippen LogP contribution in [0.1, 0.15) is 34.3 Å². The van der Waals surface area contributed by atoms with Crippen molar-refractivity contribution in [2.24, 2.45) is 0 Å². The third-order valence-electron chi connectivity index (χ3n) is 9.35. The quantitative estimate of drug-likeness (QED) is 0.184. The second kappa shape index (κ2) is 13.4. The summed E-state index contributed by atoms with van der Waals surface area (Å²) in [7, 11) is 5.85. The van der Waals surface area contributed by atoms with Gasteiger partial charge >= 0.3 is 0 Å². The minimum atomic E-state index is -0.527. The maximum atomic E-state index is 11.3. The van der Waals surface area contributed by atoms with Gasteiger partial charge in [0, 0.05) is 49.4 Å². The first-order valence-corrected chi connectivity index (χ1v) is 15.9. The standard InChI is InChI=1S/C36H38N2O12/c1-43-29-9-19(10-30(44-2)35(29)41)33(21-13-25-27(15-23(21)39)49-17-47-25)37-5-7-38(8-6-37)34(20-11-31(45-3)36(42)32(12-20)46-4)22-14-26-28(16-24(22)40)50-18-48-26/h9-16,33-34,39-42H,5-8,17-18H2,1-4H3/t33-,34-/m1/s1. The van der Waals surface area contributed by atoms with Crippen LogP contribution in [0.3, 0.4) is 0 Å². The Bertz CT molecular complexity index is 1720. The summed E-state index contributed by atoms with van der Waals surface area (Å²) in [5.41, 5.74) is 2.54. The van der Waals surface area contributed by atoms with Gasteiger partial charge in [-0.3, -0.25) is 9.80 Å². The first-order chi connectivity index (χ1) is 24.2. The molecule has 0 aromatic heterocycles. The number of benzene rings is 4. The molecule has 1 fully saturated rings. The molecule has 0 spiro atoms. The van der Waals surface area contributed by atoms with Gasteiger partial charge in [-0.1, -0.05) is 0 Å². The molecule has 14 nitrogen and oxygen atoms in total. The van der Waals surface area contributed by atoms with E-state index in [0.29, 0.717) is 71.4 Å². The minimum Gasteiger partial charge on any atom is -0.507 e. The zero-order valence-electron chi connectivity index (χ0n) is 28.0. The summed E-state index contributed by atoms with van der Waals surface area (Å²) >= 11 is 0. The molecule has 0 bridgehead atoms. The van der Waals surface area contributed by atoms with Crippen molar-refractivity contribution >= 4 is 0 Å². The Hall–Kier alpha value is -5.60. The first kappa shape index (κ1) is 32.9. The smallest absolute Gasteiger partial charge is 0.231 e. The number of hydrogen-bond donors (Lipinski definition) is 4. The number of aromatic hydroxyl groups is 4. The Kier molecular flexibility index (Phi) is 8.80. The molecule has 0 unspecified atom stereocenters. The number of fused-ring (bicyclic) bond motifs is 2. The lowest BCUT2D eigenvalue weighted by Crippen LogP contribution is -2.49. The molecule has 264 valence electrons. The summed E-state index contributed by atoms with van der Waals surface area (Å²) in [5, 5.41) is 44.1. The van der Waals surface area contributed by atoms with E-state index >= 15 is 0 Å². The second-order valence-corrected chi connectivity index (χ2v) is 12.0. The minimum absolute atomic E-state index is 0.0131. The van der Waals surface area contributed by atoms with Crippen molar-refractivity contribution in [1.29, 1.82) is 0 Å². The molecule has 7 rings (SSSR count). The lowest BCUT2D eigenvalue weighted by atomic mass is 9.92. The molecule has 4 aromatic carbocycles. The van der Waals surface area contributed by atoms with Crippen LogP contribution in [0.15, 0.2) is 48.5 Å². The molecule has 0 aliphatic carbocycles. The van der Waals surface area contributed by atoms with E-state index in [-0.39, 0.29) is 59.6 Å². The van der Waals surface area contributed by atoms with Gasteiger partial charge in [0.2, 0.25) is 25.1 Å². The number of methoxy groups -OCH3 is 4. The van der Waals surface area contributed by atoms with Crippen molar-refractivity contribution < 1.29 is 58.3 Å². The Morgan fingerprint density at radius 1 is 0.480 bits per heavy atom. The molecule has 4 aromatic rings. The van der Waals surface area contributed by atoms with Crippen molar-refractivity contribution in [3.8, 4) is 69.0 Å². The van der Waals surface area contributed by atoms with Crippen molar-refractivity contribution in [2.75, 3.05) is 68.2 Å². The van der Waals surface area contributed by atoms with E-state index in [0.717, 1.165) is 0 Å². The van der Waals surface area contributed by atoms with Crippen LogP contribution in [0.4, 0.5) is 0 Å². The van der Waals surface area contributed by atoms with Gasteiger partial charge < -0.3 is 58.3 Å². The lowest BCUT2D eigenvalue weighted by Gasteiger charge is -2.43. The highest BCUT2D eigenvalue weighted by atomic mass is 16.7. The van der Waals surface area contributed by atoms with Crippen LogP contribution in [0, 0.1) is 0 Å². The predicted octanol–water partition coefficient (Wildman–Crippen LogP) is 4.50. The molecule has 3 aliphatic heterocycles. The van der Waals surface area contributed by atoms with E-state index in [1.807, 2.05) is 0 Å². The number of phenols is 4. The van der Waals surface area contributed by atoms with Gasteiger partial charge in [0.05, 0.1) is 40.5 Å². The number of nitrogens with zero attached hydrogens (tertiary/aromatic N) is 2. The van der Waals surface area contributed by atoms with Crippen LogP contribution in [0.2, 0.25) is 0 Å². The van der Waals surface area contributed by atoms with Gasteiger partial charge in [-0.15, -0.1) is 0 Å². The largest absolute Gasteiger partial charge is 0.507 e. The molecule has 0 saturated carbocycles. The summed E-state index contributed by atoms with van der Waals surface area (Å²) < 4.78 is 44.4. The number of ether oxygens (including phenoxy) is 8. The summed E-state index contributed by atoms with van der Waals surface area (Å²) in [6, 6.07) is 12.5. The highest BCUT2D eigenvalue weighted by molar-refractivity contribution is 5.60. The van der Waals surface area contributed by atoms with Crippen LogP contribution in [-0.4, -0.2) is 98.4 Å². The third kappa shape index (κ3) is 5.75. The Morgan fingerprint density at radius 2 is 0.780 bits per heavy atom. The van der Waals surface area contributed by atoms with Gasteiger partial charge in [0.1, 0.15) is 11.5 Å². The third-order valence-corrected chi connectivity index (χ3v) is 9.35. The van der Waals surface area contributed by atoms with Gasteiger partial charge in [-0.25, -0.2) is 0 Å². The molecule has 3 heterocycles. The highest BCUT2D eigenvalue weighted by Gasteiger charge is 2.36. The topological polar surface area (TPSA) is 161 Å². The zero-order valence-corrected chi connectivity index (χ0v) is 28.0. The van der Waals surface area contributed by atoms with Gasteiger partial charge in [0.15, 0.2) is 46.0 Å². The maximum Gasteiger partial charge on any atom is 0.231 e. The van der Waals surface area contributed by atoms with E-state index in [9.17, 15) is 20.4 Å². The van der Waals surface area contributed by atoms with Crippen molar-refractivity contribution in [1.82, 2.24) is 9.80 Å². The van der Waals surface area contributed by atoms with Gasteiger partial charge in [-0.05, 0) is 47.5 Å². The molecule has 1 saturated heterocycles. The Labute approximate surface area is 288 Å². The molecule has 0 radical (unpaired) electrons. The molecule has 2 atom stereocenters. The van der Waals surface area contributed by atoms with E-state index in [1.165, 1.54) is 28.4 Å². The first-order valence-electron chi connectivity index (χ1n) is 15.9. The number of rotatable bonds is 10. The number of piperazine rings is 1. The number of hydrogen-bond acceptors (Lipinski definition) is 14. The molecule has 14 heteroatoms.